The minimum absolute atomic E-state index is 0.312. The molecule has 0 saturated carbocycles. The average molecular weight is 641 g/mol. The van der Waals surface area contributed by atoms with Gasteiger partial charge in [-0.2, -0.15) is 74.6 Å². The van der Waals surface area contributed by atoms with E-state index in [1.54, 1.807) is 13.8 Å². The van der Waals surface area contributed by atoms with E-state index in [1.807, 2.05) is 0 Å². The van der Waals surface area contributed by atoms with Crippen LogP contribution in [0.15, 0.2) is 12.2 Å². The Balaban J connectivity index is 0. The number of sulfonamides is 1. The van der Waals surface area contributed by atoms with E-state index in [4.69, 9.17) is 0 Å². The number of carbonyl (C=O) groups excluding carboxylic acids is 1. The van der Waals surface area contributed by atoms with Crippen LogP contribution in [0, 0.1) is 0 Å². The molecule has 0 atom stereocenters. The number of hydrogen-bond donors (Lipinski definition) is 1. The third-order valence-electron chi connectivity index (χ3n) is 3.99. The summed E-state index contributed by atoms with van der Waals surface area (Å²) in [6, 6.07) is 0. The quantitative estimate of drug-likeness (QED) is 0.170. The van der Waals surface area contributed by atoms with Crippen molar-refractivity contribution < 1.29 is 92.6 Å². The van der Waals surface area contributed by atoms with Gasteiger partial charge in [-0.1, -0.05) is 13.5 Å². The zero-order valence-corrected chi connectivity index (χ0v) is 19.9. The first-order valence-electron chi connectivity index (χ1n) is 9.27. The van der Waals surface area contributed by atoms with Crippen molar-refractivity contribution >= 4 is 16.0 Å². The van der Waals surface area contributed by atoms with Gasteiger partial charge in [-0.05, 0) is 13.8 Å². The van der Waals surface area contributed by atoms with Crippen LogP contribution in [0.25, 0.3) is 0 Å². The van der Waals surface area contributed by atoms with Crippen LogP contribution in [0.5, 0.6) is 0 Å². The van der Waals surface area contributed by atoms with Gasteiger partial charge in [0.1, 0.15) is 0 Å². The van der Waals surface area contributed by atoms with Crippen LogP contribution in [-0.4, -0.2) is 74.5 Å². The Morgan fingerprint density at radius 3 is 1.21 bits per heavy atom. The third kappa shape index (κ3) is 6.32. The number of esters is 1. The molecule has 0 bridgehead atoms. The molecule has 5 nitrogen and oxygen atoms in total. The minimum Gasteiger partial charge on any atom is -0.463 e. The lowest BCUT2D eigenvalue weighted by molar-refractivity contribution is -0.458. The first-order chi connectivity index (χ1) is 16.7. The van der Waals surface area contributed by atoms with Crippen molar-refractivity contribution in [3.63, 3.8) is 0 Å². The van der Waals surface area contributed by atoms with Gasteiger partial charge >= 0.3 is 52.9 Å². The van der Waals surface area contributed by atoms with E-state index >= 15 is 0 Å². The second-order valence-electron chi connectivity index (χ2n) is 6.96. The van der Waals surface area contributed by atoms with Gasteiger partial charge < -0.3 is 4.74 Å². The van der Waals surface area contributed by atoms with Gasteiger partial charge in [-0.25, -0.2) is 17.9 Å². The number of ether oxygens (including phenoxy) is 1. The van der Waals surface area contributed by atoms with Crippen molar-refractivity contribution in [1.29, 1.82) is 0 Å². The van der Waals surface area contributed by atoms with Crippen LogP contribution < -0.4 is 4.72 Å². The van der Waals surface area contributed by atoms with Gasteiger partial charge in [-0.15, -0.1) is 0 Å². The molecule has 0 aromatic rings. The molecule has 0 aromatic carbocycles. The molecular formula is C16H16F17NO4S. The Bertz CT molecular complexity index is 989. The van der Waals surface area contributed by atoms with Crippen molar-refractivity contribution in [2.75, 3.05) is 13.2 Å². The van der Waals surface area contributed by atoms with Gasteiger partial charge in [0, 0.05) is 12.1 Å². The van der Waals surface area contributed by atoms with Gasteiger partial charge in [0.05, 0.1) is 6.61 Å². The summed E-state index contributed by atoms with van der Waals surface area (Å²) in [6.07, 6.45) is -7.86. The highest BCUT2D eigenvalue weighted by atomic mass is 32.2. The maximum atomic E-state index is 13.4. The van der Waals surface area contributed by atoms with Crippen molar-refractivity contribution in [2.24, 2.45) is 0 Å². The highest BCUT2D eigenvalue weighted by Gasteiger charge is 2.96. The zero-order valence-electron chi connectivity index (χ0n) is 19.1. The maximum absolute atomic E-state index is 13.4. The topological polar surface area (TPSA) is 72.5 Å². The average Bonchev–Trinajstić information content (AvgIpc) is 2.72. The zero-order chi connectivity index (χ0) is 32.5. The highest BCUT2D eigenvalue weighted by Crippen LogP contribution is 2.64. The molecule has 0 spiro atoms. The number of hydrogen-bond acceptors (Lipinski definition) is 4. The lowest BCUT2D eigenvalue weighted by atomic mass is 9.91. The number of rotatable bonds is 11. The minimum atomic E-state index is -8.81. The van der Waals surface area contributed by atoms with Crippen LogP contribution in [0.2, 0.25) is 0 Å². The Morgan fingerprint density at radius 1 is 0.667 bits per heavy atom. The Hall–Kier alpha value is -2.07. The maximum Gasteiger partial charge on any atom is 0.460 e. The van der Waals surface area contributed by atoms with Gasteiger partial charge in [0.2, 0.25) is 0 Å². The van der Waals surface area contributed by atoms with E-state index in [9.17, 15) is 87.8 Å². The fraction of sp³-hybridized carbons (Fsp3) is 0.812. The summed E-state index contributed by atoms with van der Waals surface area (Å²) < 4.78 is 246. The predicted molar refractivity (Wildman–Crippen MR) is 94.7 cm³/mol. The molecule has 0 heterocycles. The molecule has 0 aromatic heterocycles. The Labute approximate surface area is 207 Å². The first kappa shape index (κ1) is 39.1. The fourth-order valence-corrected chi connectivity index (χ4v) is 2.88. The van der Waals surface area contributed by atoms with Crippen LogP contribution >= 0.6 is 0 Å². The molecule has 0 aliphatic heterocycles. The molecule has 23 heteroatoms. The monoisotopic (exact) mass is 641 g/mol. The third-order valence-corrected chi connectivity index (χ3v) is 5.59. The van der Waals surface area contributed by atoms with Gasteiger partial charge in [-0.3, -0.25) is 0 Å². The lowest BCUT2D eigenvalue weighted by Gasteiger charge is -2.42. The van der Waals surface area contributed by atoms with Gasteiger partial charge in [0.25, 0.3) is 10.0 Å². The summed E-state index contributed by atoms with van der Waals surface area (Å²) in [5.41, 5.74) is 0.451. The van der Waals surface area contributed by atoms with E-state index < -0.39 is 63.5 Å². The lowest BCUT2D eigenvalue weighted by Crippen LogP contribution is -2.75. The number of alkyl halides is 17. The molecule has 0 amide bonds. The Kier molecular flexibility index (Phi) is 11.5. The van der Waals surface area contributed by atoms with E-state index in [2.05, 4.69) is 11.3 Å². The van der Waals surface area contributed by atoms with Crippen molar-refractivity contribution in [2.45, 2.75) is 67.7 Å². The summed E-state index contributed by atoms with van der Waals surface area (Å²) in [6.45, 7) is 6.40. The highest BCUT2D eigenvalue weighted by molar-refractivity contribution is 7.90. The molecule has 0 saturated heterocycles. The Morgan fingerprint density at radius 2 is 0.974 bits per heavy atom. The van der Waals surface area contributed by atoms with Crippen LogP contribution in [0.3, 0.4) is 0 Å². The number of halogens is 17. The summed E-state index contributed by atoms with van der Waals surface area (Å²) in [5, 5.41) is -7.50. The largest absolute Gasteiger partial charge is 0.463 e. The summed E-state index contributed by atoms with van der Waals surface area (Å²) >= 11 is 0. The van der Waals surface area contributed by atoms with Crippen molar-refractivity contribution in [1.82, 2.24) is 4.72 Å². The standard InChI is InChI=1S/C10H6F17NO2S.C6H10O2/c1-2-28-31(29,30)10(26,27)8(21,22)6(17,18)4(13,14)3(11,12)5(15,16)7(19,20)9(23,24)25;1-4-8-6(7)5(2)3/h28H,2H2,1H3;2,4H2,1,3H3. The molecule has 0 fully saturated rings. The predicted octanol–water partition coefficient (Wildman–Crippen LogP) is 6.02. The molecule has 0 unspecified atom stereocenters. The summed E-state index contributed by atoms with van der Waals surface area (Å²) in [7, 11) is -7.15. The molecule has 0 aliphatic carbocycles. The van der Waals surface area contributed by atoms with E-state index in [1.165, 1.54) is 0 Å². The van der Waals surface area contributed by atoms with Crippen LogP contribution in [0.4, 0.5) is 74.6 Å². The van der Waals surface area contributed by atoms with Crippen molar-refractivity contribution in [3.05, 3.63) is 12.2 Å². The summed E-state index contributed by atoms with van der Waals surface area (Å²) in [5.74, 6) is -51.8. The SMILES string of the molecule is C=C(C)C(=O)OCC.CCNS(=O)(=O)C(F)(F)C(F)(F)C(F)(F)C(F)(F)C(F)(F)C(F)(F)C(F)(F)C(F)(F)F. The molecule has 0 rings (SSSR count). The van der Waals surface area contributed by atoms with Crippen LogP contribution in [0.1, 0.15) is 20.8 Å². The number of carbonyl (C=O) groups is 1. The number of nitrogens with one attached hydrogen (secondary N) is 1. The molecule has 234 valence electrons. The molecule has 0 radical (unpaired) electrons. The van der Waals surface area contributed by atoms with Gasteiger partial charge in [0.15, 0.2) is 0 Å². The van der Waals surface area contributed by atoms with E-state index in [-0.39, 0.29) is 5.97 Å². The summed E-state index contributed by atoms with van der Waals surface area (Å²) in [4.78, 5) is 10.4. The van der Waals surface area contributed by atoms with Crippen LogP contribution in [-0.2, 0) is 19.6 Å². The van der Waals surface area contributed by atoms with E-state index in [0.717, 1.165) is 0 Å². The molecule has 1 N–H and O–H groups in total. The second kappa shape index (κ2) is 11.4. The van der Waals surface area contributed by atoms with Crippen molar-refractivity contribution in [3.8, 4) is 0 Å². The second-order valence-corrected chi connectivity index (χ2v) is 8.77. The van der Waals surface area contributed by atoms with E-state index in [0.29, 0.717) is 23.8 Å². The first-order valence-corrected chi connectivity index (χ1v) is 10.8. The normalized spacial score (nSPS) is 14.9. The fourth-order valence-electron chi connectivity index (χ4n) is 1.85. The molecular weight excluding hydrogens is 625 g/mol. The molecule has 39 heavy (non-hydrogen) atoms. The smallest absolute Gasteiger partial charge is 0.460 e. The molecule has 0 aliphatic rings.